The van der Waals surface area contributed by atoms with Crippen molar-refractivity contribution in [2.75, 3.05) is 4.90 Å². The molecule has 7 aromatic carbocycles. The maximum atomic E-state index is 6.77. The van der Waals surface area contributed by atoms with Gasteiger partial charge in [-0.1, -0.05) is 129 Å². The number of hydrogen-bond acceptors (Lipinski definition) is 2. The van der Waals surface area contributed by atoms with E-state index in [0.717, 1.165) is 39.7 Å². The Morgan fingerprint density at radius 2 is 1.00 bits per heavy atom. The summed E-state index contributed by atoms with van der Waals surface area (Å²) in [5.74, 6) is 1.72. The van der Waals surface area contributed by atoms with Crippen molar-refractivity contribution in [2.24, 2.45) is 0 Å². The van der Waals surface area contributed by atoms with Gasteiger partial charge in [0.25, 0.3) is 0 Å². The van der Waals surface area contributed by atoms with Gasteiger partial charge in [-0.3, -0.25) is 0 Å². The van der Waals surface area contributed by atoms with Crippen molar-refractivity contribution in [1.82, 2.24) is 0 Å². The number of ether oxygens (including phenoxy) is 1. The van der Waals surface area contributed by atoms with Crippen molar-refractivity contribution in [3.05, 3.63) is 175 Å². The second kappa shape index (κ2) is 10.6. The smallest absolute Gasteiger partial charge is 0.152 e. The third-order valence-electron chi connectivity index (χ3n) is 9.82. The lowest BCUT2D eigenvalue weighted by atomic mass is 9.82. The molecule has 7 aromatic rings. The zero-order valence-electron chi connectivity index (χ0n) is 26.4. The summed E-state index contributed by atoms with van der Waals surface area (Å²) in [5, 5.41) is 0. The van der Waals surface area contributed by atoms with Crippen LogP contribution in [0.1, 0.15) is 25.0 Å². The number of rotatable bonds is 4. The average molecular weight is 604 g/mol. The molecular weight excluding hydrogens is 571 g/mol. The minimum atomic E-state index is -0.114. The van der Waals surface area contributed by atoms with Gasteiger partial charge in [-0.2, -0.15) is 0 Å². The molecule has 0 aromatic heterocycles. The Bertz CT molecular complexity index is 2230. The van der Waals surface area contributed by atoms with Crippen LogP contribution >= 0.6 is 0 Å². The summed E-state index contributed by atoms with van der Waals surface area (Å²) in [7, 11) is 0. The summed E-state index contributed by atoms with van der Waals surface area (Å²) in [4.78, 5) is 2.41. The van der Waals surface area contributed by atoms with Crippen LogP contribution in [0.2, 0.25) is 0 Å². The maximum absolute atomic E-state index is 6.77. The number of fused-ring (bicyclic) bond motifs is 6. The Labute approximate surface area is 276 Å². The highest BCUT2D eigenvalue weighted by Gasteiger charge is 2.40. The fourth-order valence-electron chi connectivity index (χ4n) is 7.49. The van der Waals surface area contributed by atoms with Crippen LogP contribution in [0.5, 0.6) is 11.5 Å². The molecule has 2 nitrogen and oxygen atoms in total. The average Bonchev–Trinajstić information content (AvgIpc) is 3.37. The number of para-hydroxylation sites is 1. The zero-order chi connectivity index (χ0) is 31.5. The van der Waals surface area contributed by atoms with Crippen molar-refractivity contribution in [3.63, 3.8) is 0 Å². The van der Waals surface area contributed by atoms with E-state index in [1.165, 1.54) is 44.5 Å². The van der Waals surface area contributed by atoms with Crippen LogP contribution in [-0.4, -0.2) is 0 Å². The van der Waals surface area contributed by atoms with Gasteiger partial charge in [-0.05, 0) is 98.6 Å². The lowest BCUT2D eigenvalue weighted by Crippen LogP contribution is -2.19. The van der Waals surface area contributed by atoms with Gasteiger partial charge in [-0.25, -0.2) is 0 Å². The fourth-order valence-corrected chi connectivity index (χ4v) is 7.49. The summed E-state index contributed by atoms with van der Waals surface area (Å²) in [6.45, 7) is 4.66. The molecule has 0 unspecified atom stereocenters. The van der Waals surface area contributed by atoms with Crippen molar-refractivity contribution in [3.8, 4) is 56.0 Å². The predicted molar refractivity (Wildman–Crippen MR) is 195 cm³/mol. The molecule has 1 aliphatic carbocycles. The molecule has 1 aliphatic heterocycles. The Morgan fingerprint density at radius 1 is 0.447 bits per heavy atom. The molecule has 47 heavy (non-hydrogen) atoms. The molecule has 0 N–H and O–H groups in total. The first-order valence-corrected chi connectivity index (χ1v) is 16.3. The first kappa shape index (κ1) is 27.5. The summed E-state index contributed by atoms with van der Waals surface area (Å²) in [6, 6.07) is 58.8. The van der Waals surface area contributed by atoms with Gasteiger partial charge in [0.1, 0.15) is 0 Å². The molecule has 0 spiro atoms. The summed E-state index contributed by atoms with van der Waals surface area (Å²) >= 11 is 0. The van der Waals surface area contributed by atoms with Gasteiger partial charge in [0.15, 0.2) is 11.5 Å². The van der Waals surface area contributed by atoms with E-state index < -0.39 is 0 Å². The SMILES string of the molecule is CC1(C)c2ccccc2-c2c1ccc1c2N(c2ccccc2)c2cc(-c3cc(-c4ccccc4)cc(-c4ccccc4)c3)ccc2O1. The summed E-state index contributed by atoms with van der Waals surface area (Å²) in [6.07, 6.45) is 0. The molecule has 0 atom stereocenters. The van der Waals surface area contributed by atoms with Crippen molar-refractivity contribution in [2.45, 2.75) is 19.3 Å². The van der Waals surface area contributed by atoms with Gasteiger partial charge in [0.2, 0.25) is 0 Å². The third-order valence-corrected chi connectivity index (χ3v) is 9.82. The van der Waals surface area contributed by atoms with E-state index >= 15 is 0 Å². The highest BCUT2D eigenvalue weighted by Crippen LogP contribution is 2.60. The van der Waals surface area contributed by atoms with E-state index in [-0.39, 0.29) is 5.41 Å². The molecule has 0 radical (unpaired) electrons. The van der Waals surface area contributed by atoms with Crippen molar-refractivity contribution < 1.29 is 4.74 Å². The monoisotopic (exact) mass is 603 g/mol. The standard InChI is InChI=1S/C45H33NO/c1-45(2)38-21-13-12-20-37(38)43-39(45)23-25-42-44(43)46(36-18-10-5-11-19-36)40-29-32(22-24-41(40)47-42)35-27-33(30-14-6-3-7-15-30)26-34(28-35)31-16-8-4-9-17-31/h3-29H,1-2H3. The first-order chi connectivity index (χ1) is 23.1. The van der Waals surface area contributed by atoms with E-state index in [9.17, 15) is 0 Å². The van der Waals surface area contributed by atoms with E-state index in [1.807, 2.05) is 0 Å². The minimum Gasteiger partial charge on any atom is -0.453 e. The first-order valence-electron chi connectivity index (χ1n) is 16.3. The molecule has 9 rings (SSSR count). The Hall–Kier alpha value is -5.86. The number of nitrogens with zero attached hydrogens (tertiary/aromatic N) is 1. The molecule has 224 valence electrons. The predicted octanol–water partition coefficient (Wildman–Crippen LogP) is 12.6. The highest BCUT2D eigenvalue weighted by molar-refractivity contribution is 6.00. The minimum absolute atomic E-state index is 0.114. The van der Waals surface area contributed by atoms with E-state index in [2.05, 4.69) is 183 Å². The molecule has 0 fully saturated rings. The fraction of sp³-hybridized carbons (Fsp3) is 0.0667. The summed E-state index contributed by atoms with van der Waals surface area (Å²) < 4.78 is 6.77. The van der Waals surface area contributed by atoms with Crippen LogP contribution in [0.3, 0.4) is 0 Å². The van der Waals surface area contributed by atoms with Crippen LogP contribution in [0.4, 0.5) is 17.1 Å². The summed E-state index contributed by atoms with van der Waals surface area (Å²) in [5.41, 5.74) is 15.4. The number of benzene rings is 7. The lowest BCUT2D eigenvalue weighted by molar-refractivity contribution is 0.477. The van der Waals surface area contributed by atoms with Crippen LogP contribution in [0, 0.1) is 0 Å². The molecule has 1 heterocycles. The number of hydrogen-bond donors (Lipinski definition) is 0. The van der Waals surface area contributed by atoms with E-state index in [1.54, 1.807) is 0 Å². The second-order valence-corrected chi connectivity index (χ2v) is 13.0. The second-order valence-electron chi connectivity index (χ2n) is 13.0. The molecule has 2 aliphatic rings. The quantitative estimate of drug-likeness (QED) is 0.198. The van der Waals surface area contributed by atoms with Gasteiger partial charge in [-0.15, -0.1) is 0 Å². The normalized spacial score (nSPS) is 13.6. The van der Waals surface area contributed by atoms with Gasteiger partial charge < -0.3 is 9.64 Å². The molecule has 0 saturated heterocycles. The van der Waals surface area contributed by atoms with Gasteiger partial charge in [0, 0.05) is 16.7 Å². The van der Waals surface area contributed by atoms with Gasteiger partial charge in [0.05, 0.1) is 11.4 Å². The van der Waals surface area contributed by atoms with Crippen LogP contribution in [0.25, 0.3) is 44.5 Å². The van der Waals surface area contributed by atoms with Crippen molar-refractivity contribution >= 4 is 17.1 Å². The topological polar surface area (TPSA) is 12.5 Å². The lowest BCUT2D eigenvalue weighted by Gasteiger charge is -2.35. The molecule has 2 heteroatoms. The van der Waals surface area contributed by atoms with Gasteiger partial charge >= 0.3 is 0 Å². The van der Waals surface area contributed by atoms with Crippen molar-refractivity contribution in [1.29, 1.82) is 0 Å². The number of anilines is 3. The van der Waals surface area contributed by atoms with E-state index in [0.29, 0.717) is 0 Å². The maximum Gasteiger partial charge on any atom is 0.152 e. The highest BCUT2D eigenvalue weighted by atomic mass is 16.5. The molecule has 0 saturated carbocycles. The largest absolute Gasteiger partial charge is 0.453 e. The van der Waals surface area contributed by atoms with Crippen LogP contribution in [0.15, 0.2) is 164 Å². The van der Waals surface area contributed by atoms with Crippen LogP contribution in [-0.2, 0) is 5.41 Å². The third kappa shape index (κ3) is 4.40. The molecule has 0 bridgehead atoms. The Kier molecular flexibility index (Phi) is 6.20. The van der Waals surface area contributed by atoms with E-state index in [4.69, 9.17) is 4.74 Å². The zero-order valence-corrected chi connectivity index (χ0v) is 26.4. The molecule has 0 amide bonds. The molecular formula is C45H33NO. The Morgan fingerprint density at radius 3 is 1.66 bits per heavy atom. The van der Waals surface area contributed by atoms with Crippen LogP contribution < -0.4 is 9.64 Å². The Balaban J connectivity index is 1.27.